The number of hydrogen-bond donors (Lipinski definition) is 4. The molecule has 2 heterocycles. The van der Waals surface area contributed by atoms with Crippen LogP contribution in [0.25, 0.3) is 0 Å². The van der Waals surface area contributed by atoms with Gasteiger partial charge in [0.2, 0.25) is 5.82 Å². The zero-order chi connectivity index (χ0) is 22.5. The van der Waals surface area contributed by atoms with Crippen molar-refractivity contribution in [3.8, 4) is 0 Å². The molecule has 10 nitrogen and oxygen atoms in total. The van der Waals surface area contributed by atoms with Gasteiger partial charge in [-0.1, -0.05) is 11.6 Å². The van der Waals surface area contributed by atoms with Gasteiger partial charge in [0.1, 0.15) is 5.69 Å². The number of carbonyl (C=O) groups is 3. The number of aromatic amines is 2. The number of nitrogens with one attached hydrogen (secondary N) is 4. The molecule has 162 valence electrons. The quantitative estimate of drug-likeness (QED) is 0.320. The Morgan fingerprint density at radius 3 is 2.65 bits per heavy atom. The second-order valence-corrected chi connectivity index (χ2v) is 6.43. The summed E-state index contributed by atoms with van der Waals surface area (Å²) in [6.07, 6.45) is 1.37. The molecule has 0 unspecified atom stereocenters. The van der Waals surface area contributed by atoms with E-state index >= 15 is 0 Å². The molecule has 31 heavy (non-hydrogen) atoms. The smallest absolute Gasteiger partial charge is 0.374 e. The number of halogens is 3. The number of nitrogens with zero attached hydrogens (tertiary/aromatic N) is 2. The first kappa shape index (κ1) is 21.9. The van der Waals surface area contributed by atoms with Crippen LogP contribution in [0.15, 0.2) is 24.4 Å². The van der Waals surface area contributed by atoms with Crippen molar-refractivity contribution in [2.24, 2.45) is 0 Å². The summed E-state index contributed by atoms with van der Waals surface area (Å²) in [4.78, 5) is 42.6. The van der Waals surface area contributed by atoms with E-state index in [1.807, 2.05) is 0 Å². The van der Waals surface area contributed by atoms with Crippen molar-refractivity contribution in [3.63, 3.8) is 0 Å². The van der Waals surface area contributed by atoms with E-state index in [1.165, 1.54) is 12.3 Å². The van der Waals surface area contributed by atoms with E-state index in [1.54, 1.807) is 6.92 Å². The predicted molar refractivity (Wildman–Crippen MR) is 104 cm³/mol. The third kappa shape index (κ3) is 5.22. The molecule has 4 N–H and O–H groups in total. The largest absolute Gasteiger partial charge is 0.460 e. The highest BCUT2D eigenvalue weighted by atomic mass is 35.5. The Labute approximate surface area is 178 Å². The number of anilines is 1. The Morgan fingerprint density at radius 1 is 1.16 bits per heavy atom. The Morgan fingerprint density at radius 2 is 1.90 bits per heavy atom. The minimum absolute atomic E-state index is 0.00790. The number of esters is 1. The molecule has 0 saturated carbocycles. The van der Waals surface area contributed by atoms with Crippen LogP contribution in [0.5, 0.6) is 0 Å². The lowest BCUT2D eigenvalue weighted by atomic mass is 10.2. The number of aromatic nitrogens is 4. The fourth-order valence-electron chi connectivity index (χ4n) is 2.41. The van der Waals surface area contributed by atoms with Crippen LogP contribution in [0.2, 0.25) is 5.02 Å². The summed E-state index contributed by atoms with van der Waals surface area (Å²) < 4.78 is 31.3. The number of amides is 2. The van der Waals surface area contributed by atoms with Gasteiger partial charge < -0.3 is 20.4 Å². The Balaban J connectivity index is 1.59. The molecule has 3 aromatic rings. The van der Waals surface area contributed by atoms with Crippen molar-refractivity contribution in [2.75, 3.05) is 11.9 Å². The van der Waals surface area contributed by atoms with Crippen LogP contribution in [0.3, 0.4) is 0 Å². The summed E-state index contributed by atoms with van der Waals surface area (Å²) in [6.45, 7) is 1.89. The lowest BCUT2D eigenvalue weighted by Crippen LogP contribution is -2.23. The van der Waals surface area contributed by atoms with Gasteiger partial charge in [-0.2, -0.15) is 5.10 Å². The lowest BCUT2D eigenvalue weighted by molar-refractivity contribution is 0.0513. The van der Waals surface area contributed by atoms with Crippen LogP contribution in [0, 0.1) is 11.6 Å². The predicted octanol–water partition coefficient (Wildman–Crippen LogP) is 2.42. The van der Waals surface area contributed by atoms with E-state index in [4.69, 9.17) is 16.3 Å². The molecule has 0 atom stereocenters. The normalized spacial score (nSPS) is 10.6. The maximum absolute atomic E-state index is 13.4. The summed E-state index contributed by atoms with van der Waals surface area (Å²) in [6, 6.07) is 2.57. The standard InChI is InChI=1S/C18H15ClF2N6O4/c1-2-31-18(30)15-22-6-8(24-15)7-23-17(29)13-5-14(27-26-13)25-16(28)9-3-11(20)12(21)4-10(9)19/h3-6H,2,7H2,1H3,(H,22,24)(H,23,29)(H2,25,26,27,28). The van der Waals surface area contributed by atoms with Gasteiger partial charge in [-0.3, -0.25) is 14.7 Å². The fraction of sp³-hybridized carbons (Fsp3) is 0.167. The minimum Gasteiger partial charge on any atom is -0.460 e. The molecule has 0 saturated heterocycles. The summed E-state index contributed by atoms with van der Waals surface area (Å²) in [5, 5.41) is 10.8. The van der Waals surface area contributed by atoms with E-state index in [2.05, 4.69) is 30.8 Å². The average Bonchev–Trinajstić information content (AvgIpc) is 3.39. The maximum Gasteiger partial charge on any atom is 0.374 e. The van der Waals surface area contributed by atoms with Crippen LogP contribution in [0.1, 0.15) is 44.1 Å². The Bertz CT molecular complexity index is 1150. The van der Waals surface area contributed by atoms with Gasteiger partial charge in [-0.25, -0.2) is 18.6 Å². The number of rotatable bonds is 7. The molecule has 0 aliphatic carbocycles. The summed E-state index contributed by atoms with van der Waals surface area (Å²) in [7, 11) is 0. The Hall–Kier alpha value is -3.80. The third-order valence-corrected chi connectivity index (χ3v) is 4.17. The zero-order valence-electron chi connectivity index (χ0n) is 15.9. The number of imidazole rings is 1. The van der Waals surface area contributed by atoms with Gasteiger partial charge in [0, 0.05) is 6.07 Å². The van der Waals surface area contributed by atoms with Crippen molar-refractivity contribution in [2.45, 2.75) is 13.5 Å². The lowest BCUT2D eigenvalue weighted by Gasteiger charge is -2.05. The second-order valence-electron chi connectivity index (χ2n) is 6.03. The van der Waals surface area contributed by atoms with E-state index < -0.39 is 29.4 Å². The first-order valence-electron chi connectivity index (χ1n) is 8.79. The maximum atomic E-state index is 13.4. The van der Waals surface area contributed by atoms with Crippen LogP contribution >= 0.6 is 11.6 Å². The molecule has 0 radical (unpaired) electrons. The first-order chi connectivity index (χ1) is 14.8. The number of benzene rings is 1. The van der Waals surface area contributed by atoms with Crippen molar-refractivity contribution in [1.82, 2.24) is 25.5 Å². The third-order valence-electron chi connectivity index (χ3n) is 3.86. The SMILES string of the molecule is CCOC(=O)c1ncc(CNC(=O)c2cc(NC(=O)c3cc(F)c(F)cc3Cl)n[nH]2)[nH]1. The number of H-pyrrole nitrogens is 2. The van der Waals surface area contributed by atoms with Gasteiger partial charge in [0.25, 0.3) is 11.8 Å². The van der Waals surface area contributed by atoms with Crippen molar-refractivity contribution >= 4 is 35.2 Å². The van der Waals surface area contributed by atoms with E-state index in [-0.39, 0.29) is 41.1 Å². The van der Waals surface area contributed by atoms with E-state index in [0.717, 1.165) is 0 Å². The van der Waals surface area contributed by atoms with Gasteiger partial charge in [-0.15, -0.1) is 0 Å². The molecular weight excluding hydrogens is 438 g/mol. The monoisotopic (exact) mass is 452 g/mol. The molecule has 0 fully saturated rings. The highest BCUT2D eigenvalue weighted by Gasteiger charge is 2.18. The highest BCUT2D eigenvalue weighted by molar-refractivity contribution is 6.34. The number of carbonyl (C=O) groups excluding carboxylic acids is 3. The molecule has 0 aliphatic heterocycles. The molecule has 3 rings (SSSR count). The zero-order valence-corrected chi connectivity index (χ0v) is 16.6. The fourth-order valence-corrected chi connectivity index (χ4v) is 2.64. The first-order valence-corrected chi connectivity index (χ1v) is 9.16. The summed E-state index contributed by atoms with van der Waals surface area (Å²) in [5.41, 5.74) is 0.167. The van der Waals surface area contributed by atoms with Crippen LogP contribution in [-0.4, -0.2) is 44.6 Å². The molecule has 2 aromatic heterocycles. The topological polar surface area (TPSA) is 142 Å². The van der Waals surface area contributed by atoms with E-state index in [9.17, 15) is 23.2 Å². The minimum atomic E-state index is -1.23. The van der Waals surface area contributed by atoms with Crippen molar-refractivity contribution in [1.29, 1.82) is 0 Å². The van der Waals surface area contributed by atoms with Crippen molar-refractivity contribution < 1.29 is 27.9 Å². The van der Waals surface area contributed by atoms with Gasteiger partial charge in [0.05, 0.1) is 35.6 Å². The van der Waals surface area contributed by atoms with Crippen molar-refractivity contribution in [3.05, 3.63) is 63.8 Å². The summed E-state index contributed by atoms with van der Waals surface area (Å²) >= 11 is 5.76. The number of ether oxygens (including phenoxy) is 1. The van der Waals surface area contributed by atoms with Crippen LogP contribution in [0.4, 0.5) is 14.6 Å². The molecule has 0 aliphatic rings. The highest BCUT2D eigenvalue weighted by Crippen LogP contribution is 2.21. The molecular formula is C18H15ClF2N6O4. The molecule has 1 aromatic carbocycles. The molecule has 0 bridgehead atoms. The van der Waals surface area contributed by atoms with Gasteiger partial charge in [0.15, 0.2) is 17.5 Å². The van der Waals surface area contributed by atoms with Crippen LogP contribution in [-0.2, 0) is 11.3 Å². The molecule has 2 amide bonds. The van der Waals surface area contributed by atoms with Gasteiger partial charge in [-0.05, 0) is 19.1 Å². The second kappa shape index (κ2) is 9.34. The average molecular weight is 453 g/mol. The summed E-state index contributed by atoms with van der Waals surface area (Å²) in [5.74, 6) is -4.48. The van der Waals surface area contributed by atoms with E-state index in [0.29, 0.717) is 17.8 Å². The van der Waals surface area contributed by atoms with Gasteiger partial charge >= 0.3 is 5.97 Å². The molecule has 13 heteroatoms. The van der Waals surface area contributed by atoms with Crippen LogP contribution < -0.4 is 10.6 Å². The molecule has 0 spiro atoms. The number of hydrogen-bond acceptors (Lipinski definition) is 6. The Kier molecular flexibility index (Phi) is 6.60.